The molecular formula is C25H19NO3. The molecule has 29 heavy (non-hydrogen) atoms. The Kier molecular flexibility index (Phi) is 3.98. The highest BCUT2D eigenvalue weighted by molar-refractivity contribution is 6.35. The Hall–Kier alpha value is -3.79. The first-order chi connectivity index (χ1) is 14.2. The second-order valence-corrected chi connectivity index (χ2v) is 6.94. The standard InChI is InChI=1S/C25H19NO3/c1-28-19-11-7-16(8-12-19)23-22-15-18-5-3-4-6-21(18)26(22)25(27)24(23)17-9-13-20(29-2)14-10-17/h3-15H,1-2H3. The van der Waals surface area contributed by atoms with Gasteiger partial charge < -0.3 is 9.47 Å². The lowest BCUT2D eigenvalue weighted by molar-refractivity contribution is 0.0989. The van der Waals surface area contributed by atoms with Crippen LogP contribution in [-0.4, -0.2) is 24.7 Å². The average Bonchev–Trinajstić information content (AvgIpc) is 3.29. The second kappa shape index (κ2) is 6.67. The Morgan fingerprint density at radius 1 is 0.690 bits per heavy atom. The summed E-state index contributed by atoms with van der Waals surface area (Å²) in [5.74, 6) is 1.53. The Bertz CT molecular complexity index is 1260. The highest BCUT2D eigenvalue weighted by Gasteiger charge is 2.33. The third kappa shape index (κ3) is 2.64. The molecule has 0 N–H and O–H groups in total. The molecule has 3 aromatic carbocycles. The third-order valence-electron chi connectivity index (χ3n) is 5.39. The highest BCUT2D eigenvalue weighted by Crippen LogP contribution is 2.42. The van der Waals surface area contributed by atoms with E-state index in [0.717, 1.165) is 44.8 Å². The normalized spacial score (nSPS) is 13.1. The van der Waals surface area contributed by atoms with Crippen LogP contribution in [0.2, 0.25) is 0 Å². The fourth-order valence-corrected chi connectivity index (χ4v) is 3.98. The van der Waals surface area contributed by atoms with Gasteiger partial charge in [0.1, 0.15) is 11.5 Å². The lowest BCUT2D eigenvalue weighted by Crippen LogP contribution is -2.07. The number of rotatable bonds is 4. The number of para-hydroxylation sites is 1. The van der Waals surface area contributed by atoms with Gasteiger partial charge in [-0.3, -0.25) is 9.36 Å². The Morgan fingerprint density at radius 2 is 1.24 bits per heavy atom. The van der Waals surface area contributed by atoms with E-state index in [2.05, 4.69) is 6.07 Å². The van der Waals surface area contributed by atoms with Gasteiger partial charge >= 0.3 is 0 Å². The van der Waals surface area contributed by atoms with Crippen molar-refractivity contribution in [3.63, 3.8) is 0 Å². The summed E-state index contributed by atoms with van der Waals surface area (Å²) in [6.45, 7) is 0. The molecule has 0 aliphatic carbocycles. The maximum Gasteiger partial charge on any atom is 0.264 e. The number of carbonyl (C=O) groups excluding carboxylic acids is 1. The predicted molar refractivity (Wildman–Crippen MR) is 114 cm³/mol. The first-order valence-electron chi connectivity index (χ1n) is 9.40. The molecule has 4 heteroatoms. The van der Waals surface area contributed by atoms with Crippen molar-refractivity contribution < 1.29 is 14.3 Å². The maximum atomic E-state index is 13.6. The number of allylic oxidation sites excluding steroid dienone is 1. The van der Waals surface area contributed by atoms with Crippen LogP contribution < -0.4 is 9.47 Å². The molecule has 5 rings (SSSR count). The number of benzene rings is 3. The molecule has 2 heterocycles. The Morgan fingerprint density at radius 3 is 1.83 bits per heavy atom. The van der Waals surface area contributed by atoms with E-state index < -0.39 is 0 Å². The number of ether oxygens (including phenoxy) is 2. The molecule has 1 aliphatic heterocycles. The summed E-state index contributed by atoms with van der Waals surface area (Å²) < 4.78 is 12.4. The monoisotopic (exact) mass is 381 g/mol. The molecule has 0 spiro atoms. The molecule has 0 bridgehead atoms. The van der Waals surface area contributed by atoms with E-state index in [1.54, 1.807) is 14.2 Å². The molecule has 0 unspecified atom stereocenters. The van der Waals surface area contributed by atoms with Gasteiger partial charge in [-0.1, -0.05) is 42.5 Å². The zero-order valence-corrected chi connectivity index (χ0v) is 16.2. The lowest BCUT2D eigenvalue weighted by atomic mass is 9.94. The highest BCUT2D eigenvalue weighted by atomic mass is 16.5. The topological polar surface area (TPSA) is 40.5 Å². The summed E-state index contributed by atoms with van der Waals surface area (Å²) >= 11 is 0. The van der Waals surface area contributed by atoms with Gasteiger partial charge in [0.05, 0.1) is 31.0 Å². The summed E-state index contributed by atoms with van der Waals surface area (Å²) in [5.41, 5.74) is 5.30. The molecule has 4 aromatic rings. The number of hydrogen-bond acceptors (Lipinski definition) is 3. The van der Waals surface area contributed by atoms with E-state index in [0.29, 0.717) is 5.57 Å². The molecule has 0 amide bonds. The van der Waals surface area contributed by atoms with Crippen LogP contribution in [0.5, 0.6) is 11.5 Å². The van der Waals surface area contributed by atoms with E-state index in [4.69, 9.17) is 9.47 Å². The molecule has 4 nitrogen and oxygen atoms in total. The van der Waals surface area contributed by atoms with Crippen molar-refractivity contribution in [2.75, 3.05) is 14.2 Å². The first kappa shape index (κ1) is 17.3. The van der Waals surface area contributed by atoms with Gasteiger partial charge in [0.2, 0.25) is 0 Å². The quantitative estimate of drug-likeness (QED) is 0.483. The van der Waals surface area contributed by atoms with Crippen molar-refractivity contribution in [3.8, 4) is 11.5 Å². The van der Waals surface area contributed by atoms with E-state index in [1.807, 2.05) is 77.4 Å². The summed E-state index contributed by atoms with van der Waals surface area (Å²) in [4.78, 5) is 13.6. The van der Waals surface area contributed by atoms with Crippen molar-refractivity contribution in [3.05, 3.63) is 95.7 Å². The van der Waals surface area contributed by atoms with E-state index in [9.17, 15) is 4.79 Å². The van der Waals surface area contributed by atoms with Gasteiger partial charge in [-0.05, 0) is 47.5 Å². The molecule has 0 fully saturated rings. The summed E-state index contributed by atoms with van der Waals surface area (Å²) in [6.07, 6.45) is 0. The average molecular weight is 381 g/mol. The maximum absolute atomic E-state index is 13.6. The number of aromatic nitrogens is 1. The molecule has 1 aliphatic rings. The van der Waals surface area contributed by atoms with Crippen LogP contribution in [0, 0.1) is 0 Å². The van der Waals surface area contributed by atoms with Gasteiger partial charge in [-0.2, -0.15) is 0 Å². The summed E-state index contributed by atoms with van der Waals surface area (Å²) in [7, 11) is 3.28. The minimum Gasteiger partial charge on any atom is -0.497 e. The first-order valence-corrected chi connectivity index (χ1v) is 9.40. The minimum atomic E-state index is -0.0165. The second-order valence-electron chi connectivity index (χ2n) is 6.94. The van der Waals surface area contributed by atoms with Gasteiger partial charge in [0, 0.05) is 11.0 Å². The van der Waals surface area contributed by atoms with Crippen molar-refractivity contribution in [1.82, 2.24) is 4.57 Å². The van der Waals surface area contributed by atoms with Crippen LogP contribution in [0.15, 0.2) is 78.9 Å². The van der Waals surface area contributed by atoms with Crippen LogP contribution in [-0.2, 0) is 0 Å². The molecule has 0 radical (unpaired) electrons. The molecule has 142 valence electrons. The fourth-order valence-electron chi connectivity index (χ4n) is 3.98. The predicted octanol–water partition coefficient (Wildman–Crippen LogP) is 5.27. The van der Waals surface area contributed by atoms with Gasteiger partial charge in [-0.25, -0.2) is 0 Å². The fraction of sp³-hybridized carbons (Fsp3) is 0.0800. The van der Waals surface area contributed by atoms with E-state index in [-0.39, 0.29) is 5.91 Å². The van der Waals surface area contributed by atoms with Crippen LogP contribution in [0.1, 0.15) is 21.6 Å². The van der Waals surface area contributed by atoms with Crippen LogP contribution in [0.25, 0.3) is 22.0 Å². The summed E-state index contributed by atoms with van der Waals surface area (Å²) in [5, 5.41) is 1.05. The zero-order chi connectivity index (χ0) is 20.0. The number of methoxy groups -OCH3 is 2. The van der Waals surface area contributed by atoms with Gasteiger partial charge in [0.25, 0.3) is 5.91 Å². The number of hydrogen-bond donors (Lipinski definition) is 0. The largest absolute Gasteiger partial charge is 0.497 e. The Balaban J connectivity index is 1.78. The zero-order valence-electron chi connectivity index (χ0n) is 16.2. The van der Waals surface area contributed by atoms with Crippen molar-refractivity contribution in [2.45, 2.75) is 0 Å². The van der Waals surface area contributed by atoms with Crippen LogP contribution in [0.3, 0.4) is 0 Å². The third-order valence-corrected chi connectivity index (χ3v) is 5.39. The number of carbonyl (C=O) groups is 1. The van der Waals surface area contributed by atoms with Crippen molar-refractivity contribution >= 4 is 28.0 Å². The Labute approximate surface area is 168 Å². The van der Waals surface area contributed by atoms with Crippen molar-refractivity contribution in [1.29, 1.82) is 0 Å². The van der Waals surface area contributed by atoms with Crippen LogP contribution in [0.4, 0.5) is 0 Å². The molecule has 0 saturated heterocycles. The molecular weight excluding hydrogens is 362 g/mol. The van der Waals surface area contributed by atoms with Crippen molar-refractivity contribution in [2.24, 2.45) is 0 Å². The smallest absolute Gasteiger partial charge is 0.264 e. The van der Waals surface area contributed by atoms with Crippen LogP contribution >= 0.6 is 0 Å². The van der Waals surface area contributed by atoms with E-state index in [1.165, 1.54) is 0 Å². The van der Waals surface area contributed by atoms with Gasteiger partial charge in [-0.15, -0.1) is 0 Å². The van der Waals surface area contributed by atoms with E-state index >= 15 is 0 Å². The lowest BCUT2D eigenvalue weighted by Gasteiger charge is -2.09. The molecule has 0 saturated carbocycles. The minimum absolute atomic E-state index is 0.0165. The summed E-state index contributed by atoms with van der Waals surface area (Å²) in [6, 6.07) is 25.5. The molecule has 0 atom stereocenters. The SMILES string of the molecule is COc1ccc(C2=C(c3ccc(OC)cc3)c3cc4ccccc4n3C2=O)cc1. The molecule has 1 aromatic heterocycles. The van der Waals surface area contributed by atoms with Gasteiger partial charge in [0.15, 0.2) is 0 Å². The number of fused-ring (bicyclic) bond motifs is 3. The number of nitrogens with zero attached hydrogens (tertiary/aromatic N) is 1.